The smallest absolute Gasteiger partial charge is 0.316 e. The van der Waals surface area contributed by atoms with E-state index in [0.29, 0.717) is 23.1 Å². The topological polar surface area (TPSA) is 70.4 Å². The van der Waals surface area contributed by atoms with Crippen molar-refractivity contribution in [1.82, 2.24) is 10.2 Å². The van der Waals surface area contributed by atoms with Gasteiger partial charge in [0, 0.05) is 43.5 Å². The molecule has 0 aliphatic heterocycles. The summed E-state index contributed by atoms with van der Waals surface area (Å²) in [5.74, 6) is 0. The van der Waals surface area contributed by atoms with Crippen LogP contribution >= 0.6 is 23.8 Å². The molecule has 0 fully saturated rings. The van der Waals surface area contributed by atoms with Crippen LogP contribution in [0.2, 0.25) is 5.02 Å². The zero-order chi connectivity index (χ0) is 14.4. The number of amides is 2. The van der Waals surface area contributed by atoms with Crippen LogP contribution in [0.5, 0.6) is 0 Å². The minimum atomic E-state index is -0.137. The molecular formula is C12H17ClN4OS. The highest BCUT2D eigenvalue weighted by Gasteiger charge is 2.06. The first-order valence-corrected chi connectivity index (χ1v) is 6.49. The number of halogens is 1. The highest BCUT2D eigenvalue weighted by Crippen LogP contribution is 2.20. The molecule has 0 radical (unpaired) electrons. The number of hydrogen-bond acceptors (Lipinski definition) is 3. The minimum absolute atomic E-state index is 0.137. The fraction of sp³-hybridized carbons (Fsp3) is 0.333. The van der Waals surface area contributed by atoms with Gasteiger partial charge in [0.25, 0.3) is 0 Å². The number of hydrogen-bond donors (Lipinski definition) is 3. The van der Waals surface area contributed by atoms with Gasteiger partial charge in [-0.15, -0.1) is 0 Å². The number of nitrogens with zero attached hydrogens (tertiary/aromatic N) is 1. The molecule has 0 saturated heterocycles. The van der Waals surface area contributed by atoms with E-state index in [9.17, 15) is 4.79 Å². The van der Waals surface area contributed by atoms with Gasteiger partial charge >= 0.3 is 6.03 Å². The Balaban J connectivity index is 2.55. The van der Waals surface area contributed by atoms with Crippen molar-refractivity contribution in [2.45, 2.75) is 0 Å². The average molecular weight is 301 g/mol. The standard InChI is InChI=1S/C12H17ClN4OS/c1-17(2)12(18)16-6-5-15-10-7-8(13)3-4-9(10)11(14)19/h3-4,7,15H,5-6H2,1-2H3,(H2,14,19)(H,16,18). The van der Waals surface area contributed by atoms with Crippen LogP contribution < -0.4 is 16.4 Å². The largest absolute Gasteiger partial charge is 0.389 e. The fourth-order valence-electron chi connectivity index (χ4n) is 1.40. The number of rotatable bonds is 5. The van der Waals surface area contributed by atoms with Gasteiger partial charge in [-0.2, -0.15) is 0 Å². The second-order valence-electron chi connectivity index (χ2n) is 4.11. The molecule has 104 valence electrons. The van der Waals surface area contributed by atoms with E-state index in [2.05, 4.69) is 10.6 Å². The first-order valence-electron chi connectivity index (χ1n) is 5.70. The van der Waals surface area contributed by atoms with Crippen LogP contribution in [0.25, 0.3) is 0 Å². The molecule has 0 unspecified atom stereocenters. The summed E-state index contributed by atoms with van der Waals surface area (Å²) in [6, 6.07) is 5.12. The summed E-state index contributed by atoms with van der Waals surface area (Å²) in [4.78, 5) is 13.1. The van der Waals surface area contributed by atoms with E-state index in [-0.39, 0.29) is 6.03 Å². The molecule has 1 aromatic carbocycles. The molecule has 0 bridgehead atoms. The maximum absolute atomic E-state index is 11.3. The Morgan fingerprint density at radius 1 is 1.42 bits per heavy atom. The number of nitrogens with one attached hydrogen (secondary N) is 2. The Hall–Kier alpha value is -1.53. The third-order valence-corrected chi connectivity index (χ3v) is 2.82. The van der Waals surface area contributed by atoms with E-state index in [4.69, 9.17) is 29.6 Å². The number of thiocarbonyl (C=S) groups is 1. The maximum Gasteiger partial charge on any atom is 0.316 e. The van der Waals surface area contributed by atoms with Gasteiger partial charge in [-0.1, -0.05) is 23.8 Å². The molecule has 0 spiro atoms. The zero-order valence-corrected chi connectivity index (χ0v) is 12.4. The van der Waals surface area contributed by atoms with Crippen LogP contribution in [0, 0.1) is 0 Å². The van der Waals surface area contributed by atoms with Crippen molar-refractivity contribution in [2.75, 3.05) is 32.5 Å². The lowest BCUT2D eigenvalue weighted by Gasteiger charge is -2.14. The minimum Gasteiger partial charge on any atom is -0.389 e. The Labute approximate surface area is 123 Å². The number of anilines is 1. The summed E-state index contributed by atoms with van der Waals surface area (Å²) in [7, 11) is 3.37. The summed E-state index contributed by atoms with van der Waals surface area (Å²) in [5, 5.41) is 6.48. The number of benzene rings is 1. The summed E-state index contributed by atoms with van der Waals surface area (Å²) in [5.41, 5.74) is 7.13. The predicted octanol–water partition coefficient (Wildman–Crippen LogP) is 1.66. The molecular weight excluding hydrogens is 284 g/mol. The number of nitrogens with two attached hydrogens (primary N) is 1. The molecule has 1 aromatic rings. The lowest BCUT2D eigenvalue weighted by molar-refractivity contribution is 0.218. The van der Waals surface area contributed by atoms with Crippen LogP contribution in [0.3, 0.4) is 0 Å². The summed E-state index contributed by atoms with van der Waals surface area (Å²) in [6.07, 6.45) is 0. The Morgan fingerprint density at radius 2 is 2.11 bits per heavy atom. The molecule has 19 heavy (non-hydrogen) atoms. The molecule has 0 aliphatic carbocycles. The third-order valence-electron chi connectivity index (χ3n) is 2.37. The molecule has 5 nitrogen and oxygen atoms in total. The molecule has 2 amide bonds. The Bertz CT molecular complexity index is 479. The van der Waals surface area contributed by atoms with Crippen molar-refractivity contribution >= 4 is 40.5 Å². The molecule has 0 saturated carbocycles. The van der Waals surface area contributed by atoms with Crippen molar-refractivity contribution in [3.05, 3.63) is 28.8 Å². The number of urea groups is 1. The molecule has 0 aromatic heterocycles. The normalized spacial score (nSPS) is 9.84. The van der Waals surface area contributed by atoms with E-state index in [1.165, 1.54) is 4.90 Å². The molecule has 4 N–H and O–H groups in total. The van der Waals surface area contributed by atoms with Crippen molar-refractivity contribution in [3.8, 4) is 0 Å². The van der Waals surface area contributed by atoms with E-state index >= 15 is 0 Å². The number of carbonyl (C=O) groups excluding carboxylic acids is 1. The maximum atomic E-state index is 11.3. The highest BCUT2D eigenvalue weighted by atomic mass is 35.5. The zero-order valence-electron chi connectivity index (χ0n) is 10.9. The summed E-state index contributed by atoms with van der Waals surface area (Å²) in [6.45, 7) is 1.04. The van der Waals surface area contributed by atoms with Gasteiger partial charge in [0.1, 0.15) is 4.99 Å². The average Bonchev–Trinajstić information content (AvgIpc) is 2.33. The summed E-state index contributed by atoms with van der Waals surface area (Å²) < 4.78 is 0. The van der Waals surface area contributed by atoms with Crippen LogP contribution in [0.15, 0.2) is 18.2 Å². The van der Waals surface area contributed by atoms with Crippen LogP contribution in [0.1, 0.15) is 5.56 Å². The summed E-state index contributed by atoms with van der Waals surface area (Å²) >= 11 is 10.9. The fourth-order valence-corrected chi connectivity index (χ4v) is 1.75. The molecule has 0 aliphatic rings. The van der Waals surface area contributed by atoms with Gasteiger partial charge < -0.3 is 21.3 Å². The highest BCUT2D eigenvalue weighted by molar-refractivity contribution is 7.80. The van der Waals surface area contributed by atoms with E-state index in [1.54, 1.807) is 32.3 Å². The monoisotopic (exact) mass is 300 g/mol. The lowest BCUT2D eigenvalue weighted by Crippen LogP contribution is -2.37. The van der Waals surface area contributed by atoms with E-state index in [1.807, 2.05) is 0 Å². The predicted molar refractivity (Wildman–Crippen MR) is 82.9 cm³/mol. The van der Waals surface area contributed by atoms with Crippen LogP contribution in [-0.2, 0) is 0 Å². The van der Waals surface area contributed by atoms with Gasteiger partial charge in [-0.05, 0) is 18.2 Å². The van der Waals surface area contributed by atoms with Gasteiger partial charge in [-0.3, -0.25) is 0 Å². The van der Waals surface area contributed by atoms with Crippen molar-refractivity contribution < 1.29 is 4.79 Å². The lowest BCUT2D eigenvalue weighted by atomic mass is 10.2. The van der Waals surface area contributed by atoms with E-state index in [0.717, 1.165) is 11.3 Å². The second-order valence-corrected chi connectivity index (χ2v) is 4.98. The molecule has 0 atom stereocenters. The van der Waals surface area contributed by atoms with E-state index < -0.39 is 0 Å². The first kappa shape index (κ1) is 15.5. The quantitative estimate of drug-likeness (QED) is 0.571. The molecule has 1 rings (SSSR count). The second kappa shape index (κ2) is 7.16. The van der Waals surface area contributed by atoms with Crippen molar-refractivity contribution in [3.63, 3.8) is 0 Å². The first-order chi connectivity index (χ1) is 8.91. The Morgan fingerprint density at radius 3 is 2.68 bits per heavy atom. The van der Waals surface area contributed by atoms with Gasteiger partial charge in [0.2, 0.25) is 0 Å². The molecule has 0 heterocycles. The third kappa shape index (κ3) is 4.92. The van der Waals surface area contributed by atoms with Gasteiger partial charge in [0.15, 0.2) is 0 Å². The van der Waals surface area contributed by atoms with Crippen molar-refractivity contribution in [1.29, 1.82) is 0 Å². The number of carbonyl (C=O) groups is 1. The Kier molecular flexibility index (Phi) is 5.85. The SMILES string of the molecule is CN(C)C(=O)NCCNc1cc(Cl)ccc1C(N)=S. The van der Waals surface area contributed by atoms with Gasteiger partial charge in [0.05, 0.1) is 0 Å². The van der Waals surface area contributed by atoms with Crippen LogP contribution in [0.4, 0.5) is 10.5 Å². The van der Waals surface area contributed by atoms with Gasteiger partial charge in [-0.25, -0.2) is 4.79 Å². The molecule has 7 heteroatoms. The van der Waals surface area contributed by atoms with Crippen LogP contribution in [-0.4, -0.2) is 43.1 Å². The van der Waals surface area contributed by atoms with Crippen molar-refractivity contribution in [2.24, 2.45) is 5.73 Å².